The molecule has 0 spiro atoms. The molecule has 0 saturated carbocycles. The van der Waals surface area contributed by atoms with Crippen LogP contribution >= 0.6 is 24.0 Å². The largest absolute Gasteiger partial charge is 0.480 e. The molecular formula is C14H20Cl2N2O3. The quantitative estimate of drug-likeness (QED) is 0.804. The van der Waals surface area contributed by atoms with Crippen molar-refractivity contribution in [3.63, 3.8) is 0 Å². The van der Waals surface area contributed by atoms with Gasteiger partial charge in [-0.2, -0.15) is 0 Å². The number of rotatable bonds is 7. The zero-order chi connectivity index (χ0) is 15.1. The molecule has 1 aromatic rings. The Balaban J connectivity index is 0.00000400. The van der Waals surface area contributed by atoms with Crippen molar-refractivity contribution in [2.45, 2.75) is 26.3 Å². The van der Waals surface area contributed by atoms with Crippen molar-refractivity contribution in [2.75, 3.05) is 18.4 Å². The Hall–Kier alpha value is -1.30. The fraction of sp³-hybridized carbons (Fsp3) is 0.429. The average Bonchev–Trinajstić information content (AvgIpc) is 2.36. The van der Waals surface area contributed by atoms with E-state index in [-0.39, 0.29) is 24.9 Å². The predicted octanol–water partition coefficient (Wildman–Crippen LogP) is 2.89. The summed E-state index contributed by atoms with van der Waals surface area (Å²) >= 11 is 5.85. The summed E-state index contributed by atoms with van der Waals surface area (Å²) < 4.78 is 0. The number of carboxylic acids is 1. The molecule has 0 aromatic heterocycles. The maximum atomic E-state index is 12.1. The standard InChI is InChI=1S/C14H19ClN2O3.ClH/c1-3-7-17(9-13(18)19)10(2)14(20)16-12-6-4-5-11(15)8-12;/h4-6,8,10H,3,7,9H2,1-2H3,(H,16,20)(H,18,19);1H. The van der Waals surface area contributed by atoms with Gasteiger partial charge in [-0.05, 0) is 38.1 Å². The summed E-state index contributed by atoms with van der Waals surface area (Å²) in [6.07, 6.45) is 0.780. The maximum absolute atomic E-state index is 12.1. The van der Waals surface area contributed by atoms with E-state index in [1.807, 2.05) is 6.92 Å². The van der Waals surface area contributed by atoms with E-state index in [1.165, 1.54) is 0 Å². The van der Waals surface area contributed by atoms with Crippen molar-refractivity contribution in [2.24, 2.45) is 0 Å². The monoisotopic (exact) mass is 334 g/mol. The Labute approximate surface area is 135 Å². The van der Waals surface area contributed by atoms with Crippen LogP contribution in [0.4, 0.5) is 5.69 Å². The zero-order valence-electron chi connectivity index (χ0n) is 12.0. The number of carbonyl (C=O) groups excluding carboxylic acids is 1. The lowest BCUT2D eigenvalue weighted by Gasteiger charge is -2.26. The van der Waals surface area contributed by atoms with Gasteiger partial charge in [-0.3, -0.25) is 14.5 Å². The Morgan fingerprint density at radius 2 is 2.10 bits per heavy atom. The molecule has 7 heteroatoms. The number of aliphatic carboxylic acids is 1. The molecule has 118 valence electrons. The molecule has 21 heavy (non-hydrogen) atoms. The third kappa shape index (κ3) is 6.80. The number of nitrogens with zero attached hydrogens (tertiary/aromatic N) is 1. The molecule has 0 bridgehead atoms. The second-order valence-corrected chi connectivity index (χ2v) is 4.98. The molecule has 1 rings (SSSR count). The molecule has 2 N–H and O–H groups in total. The summed E-state index contributed by atoms with van der Waals surface area (Å²) in [6, 6.07) is 6.31. The van der Waals surface area contributed by atoms with Crippen LogP contribution in [-0.4, -0.2) is 41.0 Å². The first-order valence-corrected chi connectivity index (χ1v) is 6.84. The number of anilines is 1. The number of benzene rings is 1. The van der Waals surface area contributed by atoms with Crippen LogP contribution in [0.1, 0.15) is 20.3 Å². The Kier molecular flexibility index (Phi) is 9.01. The minimum atomic E-state index is -0.944. The van der Waals surface area contributed by atoms with Crippen LogP contribution in [0.2, 0.25) is 5.02 Å². The topological polar surface area (TPSA) is 69.6 Å². The second kappa shape index (κ2) is 9.60. The van der Waals surface area contributed by atoms with Gasteiger partial charge in [-0.15, -0.1) is 12.4 Å². The van der Waals surface area contributed by atoms with Gasteiger partial charge >= 0.3 is 5.97 Å². The summed E-state index contributed by atoms with van der Waals surface area (Å²) in [5.74, 6) is -1.19. The van der Waals surface area contributed by atoms with Gasteiger partial charge in [0.1, 0.15) is 0 Å². The third-order valence-electron chi connectivity index (χ3n) is 2.87. The van der Waals surface area contributed by atoms with Gasteiger partial charge in [0, 0.05) is 10.7 Å². The maximum Gasteiger partial charge on any atom is 0.317 e. The van der Waals surface area contributed by atoms with E-state index in [0.717, 1.165) is 6.42 Å². The fourth-order valence-electron chi connectivity index (χ4n) is 1.85. The summed E-state index contributed by atoms with van der Waals surface area (Å²) in [6.45, 7) is 4.03. The smallest absolute Gasteiger partial charge is 0.317 e. The predicted molar refractivity (Wildman–Crippen MR) is 86.3 cm³/mol. The molecule has 0 aliphatic carbocycles. The van der Waals surface area contributed by atoms with Gasteiger partial charge in [0.05, 0.1) is 12.6 Å². The lowest BCUT2D eigenvalue weighted by molar-refractivity contribution is -0.139. The van der Waals surface area contributed by atoms with E-state index < -0.39 is 12.0 Å². The second-order valence-electron chi connectivity index (χ2n) is 4.54. The van der Waals surface area contributed by atoms with Crippen molar-refractivity contribution in [1.29, 1.82) is 0 Å². The van der Waals surface area contributed by atoms with Crippen LogP contribution in [0.25, 0.3) is 0 Å². The van der Waals surface area contributed by atoms with Crippen LogP contribution in [0, 0.1) is 0 Å². The number of hydrogen-bond acceptors (Lipinski definition) is 3. The van der Waals surface area contributed by atoms with Gasteiger partial charge in [0.2, 0.25) is 5.91 Å². The lowest BCUT2D eigenvalue weighted by Crippen LogP contribution is -2.44. The number of hydrogen-bond donors (Lipinski definition) is 2. The molecule has 1 atom stereocenters. The summed E-state index contributed by atoms with van der Waals surface area (Å²) in [4.78, 5) is 24.6. The molecule has 1 aromatic carbocycles. The normalized spacial score (nSPS) is 11.6. The highest BCUT2D eigenvalue weighted by molar-refractivity contribution is 6.30. The molecular weight excluding hydrogens is 315 g/mol. The highest BCUT2D eigenvalue weighted by Gasteiger charge is 2.22. The van der Waals surface area contributed by atoms with E-state index >= 15 is 0 Å². The van der Waals surface area contributed by atoms with E-state index in [2.05, 4.69) is 5.32 Å². The number of carbonyl (C=O) groups is 2. The molecule has 0 saturated heterocycles. The number of nitrogens with one attached hydrogen (secondary N) is 1. The van der Waals surface area contributed by atoms with E-state index in [0.29, 0.717) is 17.3 Å². The van der Waals surface area contributed by atoms with Gasteiger partial charge in [-0.25, -0.2) is 0 Å². The third-order valence-corrected chi connectivity index (χ3v) is 3.10. The minimum Gasteiger partial charge on any atom is -0.480 e. The highest BCUT2D eigenvalue weighted by atomic mass is 35.5. The molecule has 5 nitrogen and oxygen atoms in total. The molecule has 1 unspecified atom stereocenters. The zero-order valence-corrected chi connectivity index (χ0v) is 13.6. The summed E-state index contributed by atoms with van der Waals surface area (Å²) in [5.41, 5.74) is 0.598. The van der Waals surface area contributed by atoms with Crippen molar-refractivity contribution in [1.82, 2.24) is 4.90 Å². The fourth-order valence-corrected chi connectivity index (χ4v) is 2.04. The lowest BCUT2D eigenvalue weighted by atomic mass is 10.2. The Bertz CT molecular complexity index is 483. The van der Waals surface area contributed by atoms with Gasteiger partial charge in [0.15, 0.2) is 0 Å². The van der Waals surface area contributed by atoms with Crippen LogP contribution in [-0.2, 0) is 9.59 Å². The first-order valence-electron chi connectivity index (χ1n) is 6.46. The SMILES string of the molecule is CCCN(CC(=O)O)C(C)C(=O)Nc1cccc(Cl)c1.Cl. The number of carboxylic acid groups (broad SMARTS) is 1. The molecule has 0 aliphatic heterocycles. The van der Waals surface area contributed by atoms with Crippen molar-refractivity contribution in [3.8, 4) is 0 Å². The van der Waals surface area contributed by atoms with E-state index in [4.69, 9.17) is 16.7 Å². The Morgan fingerprint density at radius 1 is 1.43 bits per heavy atom. The number of amides is 1. The van der Waals surface area contributed by atoms with Gasteiger partial charge in [-0.1, -0.05) is 24.6 Å². The van der Waals surface area contributed by atoms with E-state index in [1.54, 1.807) is 36.1 Å². The summed E-state index contributed by atoms with van der Waals surface area (Å²) in [7, 11) is 0. The molecule has 1 amide bonds. The van der Waals surface area contributed by atoms with Crippen LogP contribution < -0.4 is 5.32 Å². The Morgan fingerprint density at radius 3 is 2.62 bits per heavy atom. The van der Waals surface area contributed by atoms with Crippen LogP contribution in [0.3, 0.4) is 0 Å². The summed E-state index contributed by atoms with van der Waals surface area (Å²) in [5, 5.41) is 12.1. The van der Waals surface area contributed by atoms with Crippen molar-refractivity contribution in [3.05, 3.63) is 29.3 Å². The number of halogens is 2. The molecule has 0 radical (unpaired) electrons. The first kappa shape index (κ1) is 19.7. The molecule has 0 heterocycles. The average molecular weight is 335 g/mol. The van der Waals surface area contributed by atoms with Gasteiger partial charge < -0.3 is 10.4 Å². The molecule has 0 fully saturated rings. The van der Waals surface area contributed by atoms with E-state index in [9.17, 15) is 9.59 Å². The van der Waals surface area contributed by atoms with Gasteiger partial charge in [0.25, 0.3) is 0 Å². The molecule has 0 aliphatic rings. The minimum absolute atomic E-state index is 0. The highest BCUT2D eigenvalue weighted by Crippen LogP contribution is 2.15. The first-order chi connectivity index (χ1) is 9.43. The van der Waals surface area contributed by atoms with Crippen LogP contribution in [0.15, 0.2) is 24.3 Å². The van der Waals surface area contributed by atoms with Crippen molar-refractivity contribution >= 4 is 41.6 Å². The van der Waals surface area contributed by atoms with Crippen LogP contribution in [0.5, 0.6) is 0 Å². The van der Waals surface area contributed by atoms with Crippen molar-refractivity contribution < 1.29 is 14.7 Å².